The van der Waals surface area contributed by atoms with Crippen molar-refractivity contribution < 1.29 is 8.42 Å². The molecule has 0 spiro atoms. The molecule has 1 fully saturated rings. The second-order valence-electron chi connectivity index (χ2n) is 4.85. The molecular weight excluding hydrogens is 304 g/mol. The molecule has 19 heavy (non-hydrogen) atoms. The van der Waals surface area contributed by atoms with Crippen molar-refractivity contribution in [3.8, 4) is 0 Å². The standard InChI is InChI=1S/C12H17ClN2O2S2/c1-8-5-9(13)11(6-10(8)14)19(16,17)15-7-12(18-2)3-4-12/h5-6,15H,3-4,7,14H2,1-2H3. The fraction of sp³-hybridized carbons (Fsp3) is 0.500. The normalized spacial score (nSPS) is 17.4. The van der Waals surface area contributed by atoms with Crippen molar-refractivity contribution in [2.45, 2.75) is 29.4 Å². The van der Waals surface area contributed by atoms with Crippen molar-refractivity contribution in [2.75, 3.05) is 18.5 Å². The van der Waals surface area contributed by atoms with Crippen LogP contribution in [-0.2, 0) is 10.0 Å². The molecule has 1 aromatic rings. The molecule has 4 nitrogen and oxygen atoms in total. The van der Waals surface area contributed by atoms with Gasteiger partial charge in [-0.2, -0.15) is 11.8 Å². The average molecular weight is 321 g/mol. The van der Waals surface area contributed by atoms with Crippen LogP contribution < -0.4 is 10.5 Å². The van der Waals surface area contributed by atoms with Crippen LogP contribution in [0.2, 0.25) is 5.02 Å². The van der Waals surface area contributed by atoms with Gasteiger partial charge in [-0.3, -0.25) is 0 Å². The Labute approximate surface area is 123 Å². The van der Waals surface area contributed by atoms with Crippen molar-refractivity contribution in [3.05, 3.63) is 22.7 Å². The molecule has 1 aromatic carbocycles. The van der Waals surface area contributed by atoms with Crippen molar-refractivity contribution in [1.82, 2.24) is 4.72 Å². The Morgan fingerprint density at radius 3 is 2.63 bits per heavy atom. The van der Waals surface area contributed by atoms with E-state index in [1.165, 1.54) is 6.07 Å². The minimum Gasteiger partial charge on any atom is -0.398 e. The van der Waals surface area contributed by atoms with Gasteiger partial charge in [0.15, 0.2) is 0 Å². The van der Waals surface area contributed by atoms with Crippen LogP contribution >= 0.6 is 23.4 Å². The van der Waals surface area contributed by atoms with Gasteiger partial charge in [0.2, 0.25) is 10.0 Å². The maximum atomic E-state index is 12.2. The van der Waals surface area contributed by atoms with Crippen molar-refractivity contribution in [2.24, 2.45) is 0 Å². The molecule has 3 N–H and O–H groups in total. The number of nitrogen functional groups attached to an aromatic ring is 1. The zero-order valence-electron chi connectivity index (χ0n) is 10.9. The first-order chi connectivity index (χ1) is 8.80. The monoisotopic (exact) mass is 320 g/mol. The van der Waals surface area contributed by atoms with E-state index in [2.05, 4.69) is 4.72 Å². The van der Waals surface area contributed by atoms with Gasteiger partial charge in [-0.1, -0.05) is 11.6 Å². The molecule has 0 saturated heterocycles. The molecule has 0 amide bonds. The molecule has 106 valence electrons. The highest BCUT2D eigenvalue weighted by atomic mass is 35.5. The second-order valence-corrected chi connectivity index (χ2v) is 8.27. The summed E-state index contributed by atoms with van der Waals surface area (Å²) >= 11 is 7.70. The van der Waals surface area contributed by atoms with E-state index in [-0.39, 0.29) is 14.7 Å². The zero-order valence-corrected chi connectivity index (χ0v) is 13.3. The van der Waals surface area contributed by atoms with Crippen LogP contribution in [0.25, 0.3) is 0 Å². The number of hydrogen-bond acceptors (Lipinski definition) is 4. The minimum atomic E-state index is -3.61. The highest BCUT2D eigenvalue weighted by Gasteiger charge is 2.42. The summed E-state index contributed by atoms with van der Waals surface area (Å²) in [5.74, 6) is 0. The van der Waals surface area contributed by atoms with Gasteiger partial charge in [0, 0.05) is 17.0 Å². The van der Waals surface area contributed by atoms with Crippen LogP contribution in [0, 0.1) is 6.92 Å². The van der Waals surface area contributed by atoms with Gasteiger partial charge in [-0.25, -0.2) is 13.1 Å². The van der Waals surface area contributed by atoms with Gasteiger partial charge < -0.3 is 5.73 Å². The van der Waals surface area contributed by atoms with Crippen LogP contribution in [0.15, 0.2) is 17.0 Å². The Morgan fingerprint density at radius 2 is 2.11 bits per heavy atom. The third-order valence-corrected chi connectivity index (χ3v) is 6.72. The number of sulfonamides is 1. The number of anilines is 1. The average Bonchev–Trinajstić information content (AvgIpc) is 3.12. The largest absolute Gasteiger partial charge is 0.398 e. The van der Waals surface area contributed by atoms with Gasteiger partial charge in [-0.05, 0) is 43.7 Å². The Kier molecular flexibility index (Phi) is 4.07. The topological polar surface area (TPSA) is 72.2 Å². The van der Waals surface area contributed by atoms with Crippen LogP contribution in [0.4, 0.5) is 5.69 Å². The van der Waals surface area contributed by atoms with Crippen LogP contribution in [0.5, 0.6) is 0 Å². The number of thioether (sulfide) groups is 1. The highest BCUT2D eigenvalue weighted by Crippen LogP contribution is 2.46. The SMILES string of the molecule is CSC1(CNS(=O)(=O)c2cc(N)c(C)cc2Cl)CC1. The first-order valence-corrected chi connectivity index (χ1v) is 8.99. The summed E-state index contributed by atoms with van der Waals surface area (Å²) in [6, 6.07) is 2.99. The van der Waals surface area contributed by atoms with E-state index in [0.717, 1.165) is 18.4 Å². The van der Waals surface area contributed by atoms with E-state index in [4.69, 9.17) is 17.3 Å². The Morgan fingerprint density at radius 1 is 1.47 bits per heavy atom. The number of halogens is 1. The molecule has 0 unspecified atom stereocenters. The van der Waals surface area contributed by atoms with Crippen LogP contribution in [0.3, 0.4) is 0 Å². The molecule has 0 aromatic heterocycles. The van der Waals surface area contributed by atoms with Crippen LogP contribution in [0.1, 0.15) is 18.4 Å². The summed E-state index contributed by atoms with van der Waals surface area (Å²) in [4.78, 5) is 0.0502. The van der Waals surface area contributed by atoms with Gasteiger partial charge >= 0.3 is 0 Å². The fourth-order valence-corrected chi connectivity index (χ4v) is 4.33. The van der Waals surface area contributed by atoms with E-state index in [0.29, 0.717) is 12.2 Å². The summed E-state index contributed by atoms with van der Waals surface area (Å²) < 4.78 is 27.2. The molecule has 7 heteroatoms. The molecule has 0 radical (unpaired) electrons. The molecule has 1 saturated carbocycles. The zero-order chi connectivity index (χ0) is 14.3. The lowest BCUT2D eigenvalue weighted by Crippen LogP contribution is -2.32. The third kappa shape index (κ3) is 3.18. The maximum absolute atomic E-state index is 12.2. The Bertz CT molecular complexity index is 598. The first-order valence-electron chi connectivity index (χ1n) is 5.90. The molecule has 0 atom stereocenters. The second kappa shape index (κ2) is 5.16. The molecule has 2 rings (SSSR count). The lowest BCUT2D eigenvalue weighted by atomic mass is 10.2. The molecule has 0 bridgehead atoms. The molecule has 1 aliphatic carbocycles. The highest BCUT2D eigenvalue weighted by molar-refractivity contribution is 8.00. The van der Waals surface area contributed by atoms with Gasteiger partial charge in [0.25, 0.3) is 0 Å². The lowest BCUT2D eigenvalue weighted by Gasteiger charge is -2.15. The smallest absolute Gasteiger partial charge is 0.242 e. The molecular formula is C12H17ClN2O2S2. The predicted molar refractivity (Wildman–Crippen MR) is 81.3 cm³/mol. The van der Waals surface area contributed by atoms with E-state index in [1.807, 2.05) is 6.26 Å². The molecule has 0 aliphatic heterocycles. The molecule has 1 aliphatic rings. The van der Waals surface area contributed by atoms with E-state index in [9.17, 15) is 8.42 Å². The molecule has 0 heterocycles. The number of rotatable bonds is 5. The van der Waals surface area contributed by atoms with Crippen molar-refractivity contribution in [1.29, 1.82) is 0 Å². The third-order valence-electron chi connectivity index (χ3n) is 3.44. The lowest BCUT2D eigenvalue weighted by molar-refractivity contribution is 0.580. The number of benzene rings is 1. The summed E-state index contributed by atoms with van der Waals surface area (Å²) in [6.45, 7) is 2.22. The van der Waals surface area contributed by atoms with E-state index < -0.39 is 10.0 Å². The number of nitrogens with two attached hydrogens (primary N) is 1. The maximum Gasteiger partial charge on any atom is 0.242 e. The summed E-state index contributed by atoms with van der Waals surface area (Å²) in [5, 5.41) is 0.202. The van der Waals surface area contributed by atoms with Crippen molar-refractivity contribution >= 4 is 39.1 Å². The summed E-state index contributed by atoms with van der Waals surface area (Å²) in [6.07, 6.45) is 4.08. The van der Waals surface area contributed by atoms with Gasteiger partial charge in [0.05, 0.1) is 5.02 Å². The van der Waals surface area contributed by atoms with Gasteiger partial charge in [-0.15, -0.1) is 0 Å². The van der Waals surface area contributed by atoms with E-state index >= 15 is 0 Å². The number of aryl methyl sites for hydroxylation is 1. The predicted octanol–water partition coefficient (Wildman–Crippen LogP) is 2.40. The van der Waals surface area contributed by atoms with Crippen LogP contribution in [-0.4, -0.2) is 26.0 Å². The number of nitrogens with one attached hydrogen (secondary N) is 1. The fourth-order valence-electron chi connectivity index (χ4n) is 1.77. The Hall–Kier alpha value is -0.430. The first kappa shape index (κ1) is 15.0. The minimum absolute atomic E-state index is 0.0502. The van der Waals surface area contributed by atoms with E-state index in [1.54, 1.807) is 24.8 Å². The Balaban J connectivity index is 2.22. The quantitative estimate of drug-likeness (QED) is 0.817. The summed E-state index contributed by atoms with van der Waals surface area (Å²) in [7, 11) is -3.61. The van der Waals surface area contributed by atoms with Crippen molar-refractivity contribution in [3.63, 3.8) is 0 Å². The number of hydrogen-bond donors (Lipinski definition) is 2. The summed E-state index contributed by atoms with van der Waals surface area (Å²) in [5.41, 5.74) is 6.95. The van der Waals surface area contributed by atoms with Gasteiger partial charge in [0.1, 0.15) is 4.90 Å².